The van der Waals surface area contributed by atoms with Gasteiger partial charge in [0.2, 0.25) is 5.91 Å². The number of rotatable bonds is 2. The molecule has 0 bridgehead atoms. The lowest BCUT2D eigenvalue weighted by Crippen LogP contribution is -2.30. The Morgan fingerprint density at radius 2 is 2.00 bits per heavy atom. The van der Waals surface area contributed by atoms with Crippen LogP contribution >= 0.6 is 0 Å². The van der Waals surface area contributed by atoms with Crippen LogP contribution in [0, 0.1) is 0 Å². The molecule has 0 aliphatic carbocycles. The average molecular weight is 233 g/mol. The number of hydrogen-bond acceptors (Lipinski definition) is 3. The average Bonchev–Trinajstić information content (AvgIpc) is 2.54. The smallest absolute Gasteiger partial charge is 0.221 e. The number of nitrogens with one attached hydrogen (secondary N) is 1. The van der Waals surface area contributed by atoms with E-state index in [1.54, 1.807) is 0 Å². The molecule has 1 aliphatic rings. The van der Waals surface area contributed by atoms with E-state index >= 15 is 0 Å². The summed E-state index contributed by atoms with van der Waals surface area (Å²) in [5.74, 6) is 0.150. The van der Waals surface area contributed by atoms with Gasteiger partial charge >= 0.3 is 0 Å². The minimum Gasteiger partial charge on any atom is -0.399 e. The van der Waals surface area contributed by atoms with Gasteiger partial charge in [-0.05, 0) is 24.6 Å². The molecular formula is C13H19N3O. The van der Waals surface area contributed by atoms with Crippen molar-refractivity contribution in [3.05, 3.63) is 29.8 Å². The van der Waals surface area contributed by atoms with Crippen LogP contribution in [0.15, 0.2) is 24.3 Å². The third-order valence-electron chi connectivity index (χ3n) is 3.31. The van der Waals surface area contributed by atoms with E-state index in [1.165, 1.54) is 5.56 Å². The zero-order chi connectivity index (χ0) is 12.3. The minimum atomic E-state index is 0.150. The summed E-state index contributed by atoms with van der Waals surface area (Å²) >= 11 is 0. The molecule has 1 aromatic carbocycles. The molecular weight excluding hydrogens is 214 g/mol. The van der Waals surface area contributed by atoms with E-state index in [9.17, 15) is 4.79 Å². The van der Waals surface area contributed by atoms with Crippen LogP contribution in [-0.4, -0.2) is 30.4 Å². The maximum atomic E-state index is 11.3. The van der Waals surface area contributed by atoms with Crippen molar-refractivity contribution < 1.29 is 4.79 Å². The molecule has 1 heterocycles. The van der Waals surface area contributed by atoms with Crippen LogP contribution in [0.3, 0.4) is 0 Å². The van der Waals surface area contributed by atoms with Crippen molar-refractivity contribution in [3.8, 4) is 0 Å². The molecule has 1 atom stereocenters. The van der Waals surface area contributed by atoms with E-state index in [0.29, 0.717) is 12.5 Å². The molecule has 1 aromatic rings. The predicted molar refractivity (Wildman–Crippen MR) is 68.5 cm³/mol. The highest BCUT2D eigenvalue weighted by Gasteiger charge is 2.19. The first-order chi connectivity index (χ1) is 8.16. The predicted octanol–water partition coefficient (Wildman–Crippen LogP) is 1.15. The maximum Gasteiger partial charge on any atom is 0.221 e. The number of carbonyl (C=O) groups is 1. The van der Waals surface area contributed by atoms with Crippen LogP contribution in [0.25, 0.3) is 0 Å². The Balaban J connectivity index is 2.05. The lowest BCUT2D eigenvalue weighted by Gasteiger charge is -2.27. The van der Waals surface area contributed by atoms with Gasteiger partial charge in [-0.1, -0.05) is 12.1 Å². The van der Waals surface area contributed by atoms with Crippen LogP contribution in [0.1, 0.15) is 24.9 Å². The summed E-state index contributed by atoms with van der Waals surface area (Å²) in [6.07, 6.45) is 0.583. The molecule has 17 heavy (non-hydrogen) atoms. The zero-order valence-electron chi connectivity index (χ0n) is 10.1. The maximum absolute atomic E-state index is 11.3. The highest BCUT2D eigenvalue weighted by atomic mass is 16.1. The summed E-state index contributed by atoms with van der Waals surface area (Å²) < 4.78 is 0. The lowest BCUT2D eigenvalue weighted by atomic mass is 10.1. The first-order valence-electron chi connectivity index (χ1n) is 6.03. The van der Waals surface area contributed by atoms with Crippen molar-refractivity contribution in [2.75, 3.05) is 25.4 Å². The third kappa shape index (κ3) is 2.97. The Morgan fingerprint density at radius 1 is 1.29 bits per heavy atom. The Labute approximate surface area is 102 Å². The molecule has 4 heteroatoms. The van der Waals surface area contributed by atoms with Crippen molar-refractivity contribution in [1.29, 1.82) is 0 Å². The summed E-state index contributed by atoms with van der Waals surface area (Å²) in [6.45, 7) is 4.62. The first kappa shape index (κ1) is 11.9. The number of benzene rings is 1. The summed E-state index contributed by atoms with van der Waals surface area (Å²) in [5.41, 5.74) is 7.71. The van der Waals surface area contributed by atoms with Crippen LogP contribution in [0.4, 0.5) is 5.69 Å². The topological polar surface area (TPSA) is 58.4 Å². The largest absolute Gasteiger partial charge is 0.399 e. The van der Waals surface area contributed by atoms with Crippen molar-refractivity contribution in [2.24, 2.45) is 0 Å². The van der Waals surface area contributed by atoms with Crippen molar-refractivity contribution >= 4 is 11.6 Å². The van der Waals surface area contributed by atoms with Gasteiger partial charge in [-0.3, -0.25) is 9.69 Å². The van der Waals surface area contributed by atoms with Gasteiger partial charge in [-0.15, -0.1) is 0 Å². The molecule has 1 aliphatic heterocycles. The fourth-order valence-corrected chi connectivity index (χ4v) is 2.16. The van der Waals surface area contributed by atoms with Gasteiger partial charge in [0.05, 0.1) is 0 Å². The Hall–Kier alpha value is -1.55. The molecule has 0 radical (unpaired) electrons. The summed E-state index contributed by atoms with van der Waals surface area (Å²) in [7, 11) is 0. The molecule has 1 amide bonds. The van der Waals surface area contributed by atoms with Gasteiger partial charge in [0.15, 0.2) is 0 Å². The fourth-order valence-electron chi connectivity index (χ4n) is 2.16. The summed E-state index contributed by atoms with van der Waals surface area (Å²) in [5, 5.41) is 2.89. The van der Waals surface area contributed by atoms with E-state index in [-0.39, 0.29) is 5.91 Å². The third-order valence-corrected chi connectivity index (χ3v) is 3.31. The lowest BCUT2D eigenvalue weighted by molar-refractivity contribution is -0.120. The number of anilines is 1. The second-order valence-electron chi connectivity index (χ2n) is 4.48. The van der Waals surface area contributed by atoms with E-state index in [1.807, 2.05) is 12.1 Å². The minimum absolute atomic E-state index is 0.150. The summed E-state index contributed by atoms with van der Waals surface area (Å²) in [6, 6.07) is 8.28. The normalized spacial score (nSPS) is 19.5. The second kappa shape index (κ2) is 5.19. The van der Waals surface area contributed by atoms with Crippen LogP contribution < -0.4 is 11.1 Å². The molecule has 0 aromatic heterocycles. The molecule has 1 unspecified atom stereocenters. The zero-order valence-corrected chi connectivity index (χ0v) is 10.1. The highest BCUT2D eigenvalue weighted by Crippen LogP contribution is 2.21. The molecule has 3 N–H and O–H groups in total. The number of nitrogens with zero attached hydrogens (tertiary/aromatic N) is 1. The van der Waals surface area contributed by atoms with Crippen molar-refractivity contribution in [1.82, 2.24) is 10.2 Å². The standard InChI is InChI=1S/C13H19N3O/c1-10(11-2-4-12(14)5-3-11)16-8-6-13(17)15-7-9-16/h2-5,10H,6-9,14H2,1H3,(H,15,17). The molecule has 2 rings (SSSR count). The monoisotopic (exact) mass is 233 g/mol. The molecule has 92 valence electrons. The summed E-state index contributed by atoms with van der Waals surface area (Å²) in [4.78, 5) is 13.6. The van der Waals surface area contributed by atoms with Crippen LogP contribution in [0.5, 0.6) is 0 Å². The number of amides is 1. The van der Waals surface area contributed by atoms with Crippen molar-refractivity contribution in [3.63, 3.8) is 0 Å². The Morgan fingerprint density at radius 3 is 2.71 bits per heavy atom. The van der Waals surface area contributed by atoms with Gasteiger partial charge in [-0.25, -0.2) is 0 Å². The SMILES string of the molecule is CC(c1ccc(N)cc1)N1CCNC(=O)CC1. The van der Waals surface area contributed by atoms with E-state index in [4.69, 9.17) is 5.73 Å². The van der Waals surface area contributed by atoms with E-state index in [0.717, 1.165) is 25.3 Å². The number of nitrogen functional groups attached to an aromatic ring is 1. The van der Waals surface area contributed by atoms with Crippen molar-refractivity contribution in [2.45, 2.75) is 19.4 Å². The molecule has 0 saturated carbocycles. The van der Waals surface area contributed by atoms with Gasteiger partial charge < -0.3 is 11.1 Å². The van der Waals surface area contributed by atoms with Gasteiger partial charge in [0.25, 0.3) is 0 Å². The van der Waals surface area contributed by atoms with E-state index in [2.05, 4.69) is 29.3 Å². The fraction of sp³-hybridized carbons (Fsp3) is 0.462. The molecule has 1 saturated heterocycles. The van der Waals surface area contributed by atoms with Gasteiger partial charge in [-0.2, -0.15) is 0 Å². The van der Waals surface area contributed by atoms with E-state index < -0.39 is 0 Å². The molecule has 1 fully saturated rings. The Kier molecular flexibility index (Phi) is 3.64. The second-order valence-corrected chi connectivity index (χ2v) is 4.48. The number of carbonyl (C=O) groups excluding carboxylic acids is 1. The molecule has 4 nitrogen and oxygen atoms in total. The van der Waals surface area contributed by atoms with Gasteiger partial charge in [0.1, 0.15) is 0 Å². The Bertz CT molecular complexity index is 388. The number of hydrogen-bond donors (Lipinski definition) is 2. The number of nitrogens with two attached hydrogens (primary N) is 1. The first-order valence-corrected chi connectivity index (χ1v) is 6.03. The molecule has 0 spiro atoms. The van der Waals surface area contributed by atoms with Crippen LogP contribution in [0.2, 0.25) is 0 Å². The quantitative estimate of drug-likeness (QED) is 0.753. The van der Waals surface area contributed by atoms with Crippen LogP contribution in [-0.2, 0) is 4.79 Å². The van der Waals surface area contributed by atoms with Gasteiger partial charge in [0, 0.05) is 37.8 Å². The highest BCUT2D eigenvalue weighted by molar-refractivity contribution is 5.76.